The zero-order valence-electron chi connectivity index (χ0n) is 19.3. The second kappa shape index (κ2) is 10.4. The lowest BCUT2D eigenvalue weighted by atomic mass is 9.91. The van der Waals surface area contributed by atoms with E-state index in [4.69, 9.17) is 9.84 Å². The Labute approximate surface area is 200 Å². The van der Waals surface area contributed by atoms with Gasteiger partial charge in [0.25, 0.3) is 0 Å². The maximum Gasteiger partial charge on any atom is 0.408 e. The van der Waals surface area contributed by atoms with Gasteiger partial charge in [0.05, 0.1) is 0 Å². The van der Waals surface area contributed by atoms with Crippen LogP contribution in [0.1, 0.15) is 43.7 Å². The molecule has 2 aromatic rings. The van der Waals surface area contributed by atoms with Crippen molar-refractivity contribution in [3.63, 3.8) is 0 Å². The van der Waals surface area contributed by atoms with E-state index in [1.165, 1.54) is 0 Å². The molecule has 2 amide bonds. The van der Waals surface area contributed by atoms with Crippen LogP contribution in [0.5, 0.6) is 0 Å². The molecule has 0 radical (unpaired) electrons. The van der Waals surface area contributed by atoms with Crippen molar-refractivity contribution in [3.05, 3.63) is 59.7 Å². The first kappa shape index (κ1) is 26.1. The van der Waals surface area contributed by atoms with Crippen molar-refractivity contribution in [2.45, 2.75) is 44.3 Å². The molecule has 0 aromatic heterocycles. The minimum absolute atomic E-state index is 0.000148. The highest BCUT2D eigenvalue weighted by Crippen LogP contribution is 2.44. The molecule has 3 N–H and O–H groups in total. The van der Waals surface area contributed by atoms with Crippen LogP contribution >= 0.6 is 0 Å². The number of rotatable bonds is 9. The number of alkyl carbamates (subject to hydrolysis) is 1. The predicted octanol–water partition coefficient (Wildman–Crippen LogP) is 4.46. The molecule has 0 saturated carbocycles. The van der Waals surface area contributed by atoms with Crippen molar-refractivity contribution < 1.29 is 37.4 Å². The Morgan fingerprint density at radius 2 is 1.49 bits per heavy atom. The molecule has 0 fully saturated rings. The van der Waals surface area contributed by atoms with E-state index in [1.807, 2.05) is 53.8 Å². The van der Waals surface area contributed by atoms with Crippen LogP contribution in [0.2, 0.25) is 0 Å². The number of amides is 2. The monoisotopic (exact) mass is 492 g/mol. The number of carbonyl (C=O) groups excluding carboxylic acids is 2. The molecule has 0 saturated heterocycles. The lowest BCUT2D eigenvalue weighted by molar-refractivity contribution is -0.192. The lowest BCUT2D eigenvalue weighted by Gasteiger charge is -2.31. The molecule has 1 unspecified atom stereocenters. The largest absolute Gasteiger partial charge is 0.481 e. The standard InChI is InChI=1S/C25H27F3N2O5/c1-3-24(4-2,22(33)29-13-20(21(31)32)25(26,27)28)30-23(34)35-14-19-17-11-7-5-9-15(17)16-10-6-8-12-18(16)19/h5-12,19-20H,3-4,13-14H2,1-2H3,(H,29,33)(H,30,34)(H,31,32). The fourth-order valence-electron chi connectivity index (χ4n) is 4.34. The van der Waals surface area contributed by atoms with E-state index in [9.17, 15) is 27.6 Å². The van der Waals surface area contributed by atoms with Crippen LogP contribution in [0.25, 0.3) is 11.1 Å². The molecule has 0 bridgehead atoms. The van der Waals surface area contributed by atoms with Crippen molar-refractivity contribution in [2.24, 2.45) is 5.92 Å². The number of carboxylic acids is 1. The third kappa shape index (κ3) is 5.41. The number of hydrogen-bond donors (Lipinski definition) is 3. The summed E-state index contributed by atoms with van der Waals surface area (Å²) in [5.74, 6) is -5.97. The van der Waals surface area contributed by atoms with Crippen LogP contribution in [0.15, 0.2) is 48.5 Å². The summed E-state index contributed by atoms with van der Waals surface area (Å²) >= 11 is 0. The van der Waals surface area contributed by atoms with Gasteiger partial charge < -0.3 is 20.5 Å². The van der Waals surface area contributed by atoms with Gasteiger partial charge in [-0.25, -0.2) is 4.79 Å². The number of fused-ring (bicyclic) bond motifs is 3. The first-order chi connectivity index (χ1) is 16.5. The summed E-state index contributed by atoms with van der Waals surface area (Å²) in [5, 5.41) is 13.4. The average Bonchev–Trinajstić information content (AvgIpc) is 3.14. The second-order valence-electron chi connectivity index (χ2n) is 8.38. The fourth-order valence-corrected chi connectivity index (χ4v) is 4.34. The number of benzene rings is 2. The van der Waals surface area contributed by atoms with Crippen LogP contribution in [0.3, 0.4) is 0 Å². The van der Waals surface area contributed by atoms with E-state index < -0.39 is 42.1 Å². The van der Waals surface area contributed by atoms with Gasteiger partial charge in [-0.1, -0.05) is 62.4 Å². The second-order valence-corrected chi connectivity index (χ2v) is 8.38. The van der Waals surface area contributed by atoms with Crippen LogP contribution in [-0.4, -0.2) is 47.9 Å². The van der Waals surface area contributed by atoms with Crippen LogP contribution in [-0.2, 0) is 14.3 Å². The lowest BCUT2D eigenvalue weighted by Crippen LogP contribution is -2.59. The molecule has 188 valence electrons. The van der Waals surface area contributed by atoms with Gasteiger partial charge in [-0.15, -0.1) is 0 Å². The summed E-state index contributed by atoms with van der Waals surface area (Å²) in [4.78, 5) is 36.4. The van der Waals surface area contributed by atoms with Gasteiger partial charge in [0.15, 0.2) is 5.92 Å². The molecule has 0 heterocycles. The van der Waals surface area contributed by atoms with Crippen molar-refractivity contribution >= 4 is 18.0 Å². The Kier molecular flexibility index (Phi) is 7.72. The van der Waals surface area contributed by atoms with Crippen molar-refractivity contribution in [1.29, 1.82) is 0 Å². The van der Waals surface area contributed by atoms with Crippen molar-refractivity contribution in [1.82, 2.24) is 10.6 Å². The van der Waals surface area contributed by atoms with Gasteiger partial charge in [0.1, 0.15) is 12.1 Å². The number of carbonyl (C=O) groups is 3. The van der Waals surface area contributed by atoms with E-state index in [0.717, 1.165) is 22.3 Å². The molecular formula is C25H27F3N2O5. The Morgan fingerprint density at radius 1 is 0.971 bits per heavy atom. The van der Waals surface area contributed by atoms with Crippen molar-refractivity contribution in [2.75, 3.05) is 13.2 Å². The van der Waals surface area contributed by atoms with Gasteiger partial charge in [-0.3, -0.25) is 9.59 Å². The van der Waals surface area contributed by atoms with Gasteiger partial charge in [-0.2, -0.15) is 13.2 Å². The smallest absolute Gasteiger partial charge is 0.408 e. The van der Waals surface area contributed by atoms with Crippen LogP contribution < -0.4 is 10.6 Å². The molecule has 3 rings (SSSR count). The molecule has 0 aliphatic heterocycles. The zero-order valence-corrected chi connectivity index (χ0v) is 19.3. The minimum Gasteiger partial charge on any atom is -0.481 e. The number of alkyl halides is 3. The highest BCUT2D eigenvalue weighted by molar-refractivity contribution is 5.90. The molecular weight excluding hydrogens is 465 g/mol. The number of aliphatic carboxylic acids is 1. The number of halogens is 3. The summed E-state index contributed by atoms with van der Waals surface area (Å²) in [6.07, 6.45) is -5.80. The Hall–Kier alpha value is -3.56. The predicted molar refractivity (Wildman–Crippen MR) is 122 cm³/mol. The molecule has 10 heteroatoms. The minimum atomic E-state index is -5.03. The number of carboxylic acid groups (broad SMARTS) is 1. The third-order valence-corrected chi connectivity index (χ3v) is 6.49. The van der Waals surface area contributed by atoms with E-state index in [0.29, 0.717) is 0 Å². The van der Waals surface area contributed by atoms with Crippen molar-refractivity contribution in [3.8, 4) is 11.1 Å². The van der Waals surface area contributed by atoms with Gasteiger partial charge in [-0.05, 0) is 35.1 Å². The Balaban J connectivity index is 1.68. The summed E-state index contributed by atoms with van der Waals surface area (Å²) in [6.45, 7) is 2.03. The molecule has 7 nitrogen and oxygen atoms in total. The van der Waals surface area contributed by atoms with Gasteiger partial charge in [0, 0.05) is 12.5 Å². The van der Waals surface area contributed by atoms with Gasteiger partial charge >= 0.3 is 18.2 Å². The molecule has 2 aromatic carbocycles. The number of hydrogen-bond acceptors (Lipinski definition) is 4. The molecule has 1 aliphatic carbocycles. The average molecular weight is 492 g/mol. The molecule has 1 aliphatic rings. The van der Waals surface area contributed by atoms with Crippen LogP contribution in [0, 0.1) is 5.92 Å². The Bertz CT molecular complexity index is 1050. The summed E-state index contributed by atoms with van der Waals surface area (Å²) < 4.78 is 44.3. The number of ether oxygens (including phenoxy) is 1. The normalized spacial score (nSPS) is 14.0. The fraction of sp³-hybridized carbons (Fsp3) is 0.400. The SMILES string of the molecule is CCC(CC)(NC(=O)OCC1c2ccccc2-c2ccccc21)C(=O)NCC(C(=O)O)C(F)(F)F. The van der Waals surface area contributed by atoms with E-state index in [-0.39, 0.29) is 25.4 Å². The maximum atomic E-state index is 12.9. The summed E-state index contributed by atoms with van der Waals surface area (Å²) in [7, 11) is 0. The number of nitrogens with one attached hydrogen (secondary N) is 2. The quantitative estimate of drug-likeness (QED) is 0.479. The first-order valence-electron chi connectivity index (χ1n) is 11.2. The van der Waals surface area contributed by atoms with E-state index in [1.54, 1.807) is 13.8 Å². The summed E-state index contributed by atoms with van der Waals surface area (Å²) in [6, 6.07) is 15.5. The van der Waals surface area contributed by atoms with Crippen LogP contribution in [0.4, 0.5) is 18.0 Å². The maximum absolute atomic E-state index is 12.9. The highest BCUT2D eigenvalue weighted by atomic mass is 19.4. The van der Waals surface area contributed by atoms with Gasteiger partial charge in [0.2, 0.25) is 5.91 Å². The topological polar surface area (TPSA) is 105 Å². The highest BCUT2D eigenvalue weighted by Gasteiger charge is 2.46. The molecule has 35 heavy (non-hydrogen) atoms. The third-order valence-electron chi connectivity index (χ3n) is 6.49. The first-order valence-corrected chi connectivity index (χ1v) is 11.2. The molecule has 0 spiro atoms. The Morgan fingerprint density at radius 3 is 1.94 bits per heavy atom. The summed E-state index contributed by atoms with van der Waals surface area (Å²) in [5.41, 5.74) is 2.54. The van der Waals surface area contributed by atoms with E-state index >= 15 is 0 Å². The molecule has 1 atom stereocenters. The zero-order chi connectivity index (χ0) is 25.8. The van der Waals surface area contributed by atoms with E-state index in [2.05, 4.69) is 5.32 Å².